The first kappa shape index (κ1) is 46.9. The van der Waals surface area contributed by atoms with E-state index in [-0.39, 0.29) is 44.2 Å². The Morgan fingerprint density at radius 3 is 0.868 bits per heavy atom. The van der Waals surface area contributed by atoms with Crippen LogP contribution in [0.1, 0.15) is 42.0 Å². The molecule has 38 heavy (non-hydrogen) atoms. The van der Waals surface area contributed by atoms with Gasteiger partial charge in [0, 0.05) is 0 Å². The third-order valence-corrected chi connectivity index (χ3v) is 3.33. The van der Waals surface area contributed by atoms with Gasteiger partial charge in [0.2, 0.25) is 0 Å². The number of carbonyl (C=O) groups is 4. The van der Waals surface area contributed by atoms with Crippen molar-refractivity contribution in [1.29, 1.82) is 0 Å². The van der Waals surface area contributed by atoms with Crippen molar-refractivity contribution in [2.75, 3.05) is 0 Å². The maximum atomic E-state index is 10.2. The number of benzene rings is 1. The Kier molecular flexibility index (Phi) is 28.4. The molecule has 0 unspecified atom stereocenters. The molecule has 1 radical (unpaired) electrons. The van der Waals surface area contributed by atoms with E-state index in [1.165, 1.54) is 12.1 Å². The number of hydrogen-bond acceptors (Lipinski definition) is 10. The fraction of sp³-hybridized carbons (Fsp3) is 0. The summed E-state index contributed by atoms with van der Waals surface area (Å²) in [6, 6.07) is 14.9. The van der Waals surface area contributed by atoms with Crippen molar-refractivity contribution in [1.82, 2.24) is 9.97 Å². The molecule has 18 heteroatoms. The van der Waals surface area contributed by atoms with Crippen LogP contribution in [0, 0.1) is 0 Å². The third-order valence-electron chi connectivity index (χ3n) is 3.33. The second-order valence-corrected chi connectivity index (χ2v) is 5.79. The molecule has 1 aromatic carbocycles. The van der Waals surface area contributed by atoms with Gasteiger partial charge in [0.25, 0.3) is 0 Å². The summed E-state index contributed by atoms with van der Waals surface area (Å²) in [5, 5.41) is 40.8. The molecule has 0 bridgehead atoms. The van der Waals surface area contributed by atoms with Gasteiger partial charge in [-0.15, -0.1) is 0 Å². The van der Waals surface area contributed by atoms with Gasteiger partial charge in [0.05, 0.1) is 52.7 Å². The van der Waals surface area contributed by atoms with Gasteiger partial charge in [0.15, 0.2) is 0 Å². The molecule has 2 heterocycles. The Hall–Kier alpha value is -4.37. The Balaban J connectivity index is -0.0000000952. The van der Waals surface area contributed by atoms with Gasteiger partial charge < -0.3 is 78.5 Å². The summed E-state index contributed by atoms with van der Waals surface area (Å²) in [7, 11) is 0. The van der Waals surface area contributed by atoms with Crippen LogP contribution in [0.4, 0.5) is 11.4 Å². The van der Waals surface area contributed by atoms with Crippen molar-refractivity contribution >= 4 is 35.3 Å². The number of aromatic carboxylic acids is 4. The summed E-state index contributed by atoms with van der Waals surface area (Å²) in [5.74, 6) is -6.06. The van der Waals surface area contributed by atoms with Crippen molar-refractivity contribution in [2.24, 2.45) is 0 Å². The number of rotatable bonds is 4. The molecule has 0 saturated carbocycles. The molecule has 0 saturated heterocycles. The molecular weight excluding hydrogens is 563 g/mol. The fourth-order valence-electron chi connectivity index (χ4n) is 1.95. The van der Waals surface area contributed by atoms with E-state index in [1.807, 2.05) is 24.3 Å². The van der Waals surface area contributed by atoms with Crippen LogP contribution in [-0.2, 0) is 16.8 Å². The zero-order valence-electron chi connectivity index (χ0n) is 19.2. The first-order chi connectivity index (χ1) is 15.0. The summed E-state index contributed by atoms with van der Waals surface area (Å²) in [6.07, 6.45) is 0. The predicted octanol–water partition coefficient (Wildman–Crippen LogP) is -9.08. The number of quaternary nitrogens is 2. The summed E-state index contributed by atoms with van der Waals surface area (Å²) in [5.41, 5.74) is 7.85. The zero-order chi connectivity index (χ0) is 24.3. The molecule has 3 rings (SSSR count). The van der Waals surface area contributed by atoms with Crippen LogP contribution in [0.5, 0.6) is 0 Å². The molecule has 16 N–H and O–H groups in total. The maximum Gasteiger partial charge on any atom is 2.00 e. The minimum absolute atomic E-state index is 0. The first-order valence-electron chi connectivity index (χ1n) is 8.54. The summed E-state index contributed by atoms with van der Waals surface area (Å²) in [6.45, 7) is 0. The van der Waals surface area contributed by atoms with E-state index in [1.54, 1.807) is 0 Å². The van der Waals surface area contributed by atoms with Gasteiger partial charge in [-0.3, -0.25) is 0 Å². The van der Waals surface area contributed by atoms with Gasteiger partial charge in [-0.2, -0.15) is 0 Å². The van der Waals surface area contributed by atoms with Crippen molar-refractivity contribution < 1.29 is 95.2 Å². The molecule has 0 atom stereocenters. The second kappa shape index (κ2) is 23.1. The molecular formula is C20H26CoN4O13. The normalized spacial score (nSPS) is 7.84. The van der Waals surface area contributed by atoms with Crippen molar-refractivity contribution in [2.45, 2.75) is 0 Å². The van der Waals surface area contributed by atoms with Crippen LogP contribution in [0.25, 0.3) is 0 Å². The number of carbonyl (C=O) groups excluding carboxylic acids is 4. The standard InChI is InChI=1S/2C7H5NO4.C6H8N2.Co.5H2O/c2*9-6(10)4-2-1-3-5(8-4)7(11)12;7-5-2-1-3-6(8)4-5;;;;;;/h2*1-3H,(H,9,10)(H,11,12);1-4H,7-8H2;;5*1H2/q;;;+2;;;;;/p-2. The van der Waals surface area contributed by atoms with Crippen molar-refractivity contribution in [3.8, 4) is 0 Å². The van der Waals surface area contributed by atoms with Gasteiger partial charge in [-0.1, -0.05) is 18.2 Å². The largest absolute Gasteiger partial charge is 2.00 e. The number of nitrogens with zero attached hydrogens (tertiary/aromatic N) is 2. The Morgan fingerprint density at radius 1 is 0.500 bits per heavy atom. The van der Waals surface area contributed by atoms with E-state index >= 15 is 0 Å². The number of pyridine rings is 2. The van der Waals surface area contributed by atoms with Crippen molar-refractivity contribution in [3.63, 3.8) is 0 Å². The predicted molar refractivity (Wildman–Crippen MR) is 115 cm³/mol. The molecule has 0 aliphatic carbocycles. The fourth-order valence-corrected chi connectivity index (χ4v) is 1.95. The Labute approximate surface area is 224 Å². The SMILES string of the molecule is O.O.O.O.O.O=C([O-])c1cccc(C(=O)[O-])n1.O=C([O-])c1cccc(C(=O)[O-])n1.[Co+2].[NH3+]c1cccc([NH3+])c1. The number of carboxylic acid groups (broad SMARTS) is 4. The molecule has 0 aliphatic rings. The second-order valence-electron chi connectivity index (χ2n) is 5.79. The van der Waals surface area contributed by atoms with Gasteiger partial charge in [0.1, 0.15) is 11.4 Å². The summed E-state index contributed by atoms with van der Waals surface area (Å²) < 4.78 is 0. The van der Waals surface area contributed by atoms with E-state index in [0.29, 0.717) is 0 Å². The minimum Gasteiger partial charge on any atom is -0.543 e. The molecule has 2 aromatic heterocycles. The Bertz CT molecular complexity index is 1010. The minimum atomic E-state index is -1.52. The molecule has 0 fully saturated rings. The van der Waals surface area contributed by atoms with E-state index in [0.717, 1.165) is 35.6 Å². The monoisotopic (exact) mass is 589 g/mol. The molecule has 17 nitrogen and oxygen atoms in total. The molecule has 0 aliphatic heterocycles. The van der Waals surface area contributed by atoms with E-state index in [2.05, 4.69) is 21.4 Å². The molecule has 213 valence electrons. The first-order valence-corrected chi connectivity index (χ1v) is 8.54. The smallest absolute Gasteiger partial charge is 0.543 e. The average molecular weight is 589 g/mol. The quantitative estimate of drug-likeness (QED) is 0.289. The average Bonchev–Trinajstić information content (AvgIpc) is 2.74. The van der Waals surface area contributed by atoms with E-state index < -0.39 is 46.7 Å². The summed E-state index contributed by atoms with van der Waals surface area (Å²) >= 11 is 0. The van der Waals surface area contributed by atoms with E-state index in [4.69, 9.17) is 0 Å². The van der Waals surface area contributed by atoms with Gasteiger partial charge in [-0.05, 0) is 36.4 Å². The summed E-state index contributed by atoms with van der Waals surface area (Å²) in [4.78, 5) is 47.3. The van der Waals surface area contributed by atoms with Crippen LogP contribution in [-0.4, -0.2) is 61.2 Å². The molecule has 0 amide bonds. The Morgan fingerprint density at radius 2 is 0.711 bits per heavy atom. The number of hydrogen-bond donors (Lipinski definition) is 2. The number of aromatic nitrogens is 2. The molecule has 3 aromatic rings. The van der Waals surface area contributed by atoms with Crippen LogP contribution >= 0.6 is 0 Å². The van der Waals surface area contributed by atoms with Crippen LogP contribution in [0.3, 0.4) is 0 Å². The van der Waals surface area contributed by atoms with Gasteiger partial charge >= 0.3 is 16.8 Å². The van der Waals surface area contributed by atoms with Crippen LogP contribution < -0.4 is 31.9 Å². The van der Waals surface area contributed by atoms with Crippen molar-refractivity contribution in [3.05, 3.63) is 83.4 Å². The molecule has 0 spiro atoms. The van der Waals surface area contributed by atoms with E-state index in [9.17, 15) is 39.6 Å². The maximum absolute atomic E-state index is 10.2. The van der Waals surface area contributed by atoms with Crippen LogP contribution in [0.15, 0.2) is 60.7 Å². The van der Waals surface area contributed by atoms with Crippen LogP contribution in [0.2, 0.25) is 0 Å². The third kappa shape index (κ3) is 17.1. The number of carboxylic acids is 4. The zero-order valence-corrected chi connectivity index (χ0v) is 20.2. The topological polar surface area (TPSA) is 399 Å². The van der Waals surface area contributed by atoms with Gasteiger partial charge in [-0.25, -0.2) is 9.97 Å².